The third kappa shape index (κ3) is 3.98. The highest BCUT2D eigenvalue weighted by Crippen LogP contribution is 2.30. The van der Waals surface area contributed by atoms with Gasteiger partial charge in [0.25, 0.3) is 0 Å². The van der Waals surface area contributed by atoms with E-state index in [-0.39, 0.29) is 5.82 Å². The Bertz CT molecular complexity index is 626. The molecule has 8 heteroatoms. The summed E-state index contributed by atoms with van der Waals surface area (Å²) >= 11 is 5.52. The summed E-state index contributed by atoms with van der Waals surface area (Å²) in [6.07, 6.45) is -4.57. The fraction of sp³-hybridized carbons (Fsp3) is 0.231. The van der Waals surface area contributed by atoms with E-state index in [9.17, 15) is 13.2 Å². The van der Waals surface area contributed by atoms with Gasteiger partial charge in [-0.15, -0.1) is 0 Å². The molecule has 0 fully saturated rings. The van der Waals surface area contributed by atoms with E-state index in [2.05, 4.69) is 15.3 Å². The number of aromatic nitrogens is 2. The number of nitrogens with one attached hydrogen (secondary N) is 1. The first-order chi connectivity index (χ1) is 9.75. The van der Waals surface area contributed by atoms with Crippen molar-refractivity contribution in [3.63, 3.8) is 0 Å². The van der Waals surface area contributed by atoms with E-state index in [1.54, 1.807) is 12.1 Å². The lowest BCUT2D eigenvalue weighted by atomic mass is 10.2. The Labute approximate surface area is 124 Å². The predicted molar refractivity (Wildman–Crippen MR) is 76.1 cm³/mol. The van der Waals surface area contributed by atoms with Crippen LogP contribution in [-0.2, 0) is 6.18 Å². The van der Waals surface area contributed by atoms with Crippen molar-refractivity contribution in [2.24, 2.45) is 0 Å². The number of nitrogens with zero attached hydrogens (tertiary/aromatic N) is 3. The molecule has 2 aromatic rings. The van der Waals surface area contributed by atoms with Crippen LogP contribution >= 0.6 is 11.6 Å². The zero-order valence-electron chi connectivity index (χ0n) is 11.2. The molecule has 1 N–H and O–H groups in total. The number of benzene rings is 1. The first kappa shape index (κ1) is 15.4. The Hall–Kier alpha value is -2.02. The zero-order chi connectivity index (χ0) is 15.6. The van der Waals surface area contributed by atoms with Gasteiger partial charge < -0.3 is 10.2 Å². The lowest BCUT2D eigenvalue weighted by molar-refractivity contribution is -0.141. The van der Waals surface area contributed by atoms with Gasteiger partial charge in [0.05, 0.1) is 0 Å². The summed E-state index contributed by atoms with van der Waals surface area (Å²) in [4.78, 5) is 8.81. The molecule has 0 bridgehead atoms. The Balaban J connectivity index is 2.25. The van der Waals surface area contributed by atoms with E-state index in [0.717, 1.165) is 11.8 Å². The van der Waals surface area contributed by atoms with Crippen LogP contribution in [0, 0.1) is 0 Å². The lowest BCUT2D eigenvalue weighted by Crippen LogP contribution is -2.10. The molecule has 0 amide bonds. The van der Waals surface area contributed by atoms with Gasteiger partial charge in [-0.25, -0.2) is 9.97 Å². The highest BCUT2D eigenvalue weighted by atomic mass is 35.5. The molecule has 0 saturated carbocycles. The molecule has 0 unspecified atom stereocenters. The fourth-order valence-electron chi connectivity index (χ4n) is 1.62. The van der Waals surface area contributed by atoms with Gasteiger partial charge in [-0.05, 0) is 35.9 Å². The average Bonchev–Trinajstić information content (AvgIpc) is 2.37. The summed E-state index contributed by atoms with van der Waals surface area (Å²) in [5, 5.41) is 2.31. The van der Waals surface area contributed by atoms with Crippen LogP contribution in [0.4, 0.5) is 30.4 Å². The minimum atomic E-state index is -4.57. The number of alkyl halides is 3. The molecule has 0 aliphatic heterocycles. The van der Waals surface area contributed by atoms with Crippen molar-refractivity contribution in [1.82, 2.24) is 9.97 Å². The number of anilines is 3. The summed E-state index contributed by atoms with van der Waals surface area (Å²) in [6, 6.07) is 7.94. The van der Waals surface area contributed by atoms with E-state index in [1.807, 2.05) is 31.1 Å². The molecule has 0 atom stereocenters. The largest absolute Gasteiger partial charge is 0.433 e. The van der Waals surface area contributed by atoms with Crippen molar-refractivity contribution in [1.29, 1.82) is 0 Å². The van der Waals surface area contributed by atoms with Crippen LogP contribution in [0.1, 0.15) is 5.69 Å². The highest BCUT2D eigenvalue weighted by molar-refractivity contribution is 6.28. The Kier molecular flexibility index (Phi) is 4.22. The maximum Gasteiger partial charge on any atom is 0.433 e. The van der Waals surface area contributed by atoms with Gasteiger partial charge in [-0.3, -0.25) is 0 Å². The average molecular weight is 317 g/mol. The van der Waals surface area contributed by atoms with Gasteiger partial charge >= 0.3 is 6.18 Å². The van der Waals surface area contributed by atoms with Gasteiger partial charge in [-0.1, -0.05) is 0 Å². The Morgan fingerprint density at radius 3 is 2.24 bits per heavy atom. The first-order valence-electron chi connectivity index (χ1n) is 5.92. The van der Waals surface area contributed by atoms with Crippen molar-refractivity contribution in [3.8, 4) is 0 Å². The van der Waals surface area contributed by atoms with Crippen molar-refractivity contribution in [2.45, 2.75) is 6.18 Å². The standard InChI is InChI=1S/C13H12ClF3N4/c1-21(2)9-5-3-8(4-6-9)18-11-7-10(13(15,16)17)19-12(14)20-11/h3-7H,1-2H3,(H,18,19,20). The molecule has 112 valence electrons. The molecule has 0 radical (unpaired) electrons. The SMILES string of the molecule is CN(C)c1ccc(Nc2cc(C(F)(F)F)nc(Cl)n2)cc1. The fourth-order valence-corrected chi connectivity index (χ4v) is 1.80. The lowest BCUT2D eigenvalue weighted by Gasteiger charge is -2.13. The maximum absolute atomic E-state index is 12.6. The summed E-state index contributed by atoms with van der Waals surface area (Å²) in [7, 11) is 3.78. The van der Waals surface area contributed by atoms with Gasteiger partial charge in [0.2, 0.25) is 5.28 Å². The smallest absolute Gasteiger partial charge is 0.378 e. The van der Waals surface area contributed by atoms with E-state index in [0.29, 0.717) is 5.69 Å². The van der Waals surface area contributed by atoms with E-state index in [4.69, 9.17) is 11.6 Å². The van der Waals surface area contributed by atoms with E-state index >= 15 is 0 Å². The third-order valence-electron chi connectivity index (χ3n) is 2.65. The Morgan fingerprint density at radius 1 is 1.10 bits per heavy atom. The van der Waals surface area contributed by atoms with Crippen molar-refractivity contribution in [3.05, 3.63) is 41.3 Å². The minimum absolute atomic E-state index is 0.0140. The molecule has 0 spiro atoms. The molecular weight excluding hydrogens is 305 g/mol. The van der Waals surface area contributed by atoms with E-state index < -0.39 is 17.2 Å². The highest BCUT2D eigenvalue weighted by Gasteiger charge is 2.33. The normalized spacial score (nSPS) is 11.3. The summed E-state index contributed by atoms with van der Waals surface area (Å²) < 4.78 is 37.9. The van der Waals surface area contributed by atoms with Crippen LogP contribution in [0.5, 0.6) is 0 Å². The molecule has 0 aliphatic carbocycles. The van der Waals surface area contributed by atoms with Crippen LogP contribution in [0.15, 0.2) is 30.3 Å². The molecule has 1 aromatic heterocycles. The molecular formula is C13H12ClF3N4. The second kappa shape index (κ2) is 5.77. The van der Waals surface area contributed by atoms with Crippen molar-refractivity contribution >= 4 is 28.8 Å². The van der Waals surface area contributed by atoms with Crippen LogP contribution in [-0.4, -0.2) is 24.1 Å². The quantitative estimate of drug-likeness (QED) is 0.870. The van der Waals surface area contributed by atoms with Crippen molar-refractivity contribution < 1.29 is 13.2 Å². The molecule has 1 heterocycles. The molecule has 4 nitrogen and oxygen atoms in total. The minimum Gasteiger partial charge on any atom is -0.378 e. The van der Waals surface area contributed by atoms with Crippen LogP contribution < -0.4 is 10.2 Å². The monoisotopic (exact) mass is 316 g/mol. The number of halogens is 4. The second-order valence-corrected chi connectivity index (χ2v) is 4.81. The predicted octanol–water partition coefficient (Wildman–Crippen LogP) is 3.96. The number of hydrogen-bond donors (Lipinski definition) is 1. The molecule has 1 aromatic carbocycles. The van der Waals surface area contributed by atoms with Gasteiger partial charge in [0.15, 0.2) is 5.69 Å². The third-order valence-corrected chi connectivity index (χ3v) is 2.81. The summed E-state index contributed by atoms with van der Waals surface area (Å²) in [5.41, 5.74) is 0.482. The molecule has 0 aliphatic rings. The second-order valence-electron chi connectivity index (χ2n) is 4.47. The molecule has 21 heavy (non-hydrogen) atoms. The van der Waals surface area contributed by atoms with Gasteiger partial charge in [0.1, 0.15) is 5.82 Å². The van der Waals surface area contributed by atoms with Gasteiger partial charge in [-0.2, -0.15) is 13.2 Å². The summed E-state index contributed by atoms with van der Waals surface area (Å²) in [6.45, 7) is 0. The van der Waals surface area contributed by atoms with Crippen LogP contribution in [0.25, 0.3) is 0 Å². The molecule has 0 saturated heterocycles. The summed E-state index contributed by atoms with van der Waals surface area (Å²) in [5.74, 6) is -0.0140. The number of rotatable bonds is 3. The zero-order valence-corrected chi connectivity index (χ0v) is 12.0. The van der Waals surface area contributed by atoms with Gasteiger partial charge in [0, 0.05) is 31.5 Å². The Morgan fingerprint density at radius 2 is 1.71 bits per heavy atom. The van der Waals surface area contributed by atoms with E-state index in [1.165, 1.54) is 0 Å². The maximum atomic E-state index is 12.6. The van der Waals surface area contributed by atoms with Crippen LogP contribution in [0.3, 0.4) is 0 Å². The van der Waals surface area contributed by atoms with Crippen LogP contribution in [0.2, 0.25) is 5.28 Å². The molecule has 2 rings (SSSR count). The topological polar surface area (TPSA) is 41.0 Å². The van der Waals surface area contributed by atoms with Crippen molar-refractivity contribution in [2.75, 3.05) is 24.3 Å². The number of hydrogen-bond acceptors (Lipinski definition) is 4. The first-order valence-corrected chi connectivity index (χ1v) is 6.30.